The van der Waals surface area contributed by atoms with Gasteiger partial charge in [0.1, 0.15) is 10.6 Å². The van der Waals surface area contributed by atoms with Crippen molar-refractivity contribution in [2.45, 2.75) is 24.7 Å². The monoisotopic (exact) mass is 332 g/mol. The molecule has 1 saturated heterocycles. The molecule has 0 unspecified atom stereocenters. The van der Waals surface area contributed by atoms with Crippen molar-refractivity contribution in [1.82, 2.24) is 4.90 Å². The van der Waals surface area contributed by atoms with Crippen LogP contribution in [0.4, 0.5) is 10.5 Å². The van der Waals surface area contributed by atoms with Gasteiger partial charge >= 0.3 is 6.03 Å². The lowest BCUT2D eigenvalue weighted by Gasteiger charge is -2.17. The van der Waals surface area contributed by atoms with E-state index in [2.05, 4.69) is 5.32 Å². The summed E-state index contributed by atoms with van der Waals surface area (Å²) in [5.41, 5.74) is 0.370. The van der Waals surface area contributed by atoms with Crippen LogP contribution in [-0.2, 0) is 9.05 Å². The minimum absolute atomic E-state index is 0.148. The SMILES string of the molecule is CCOc1ccc(NC(=O)N2CCCC2)cc1S(=O)(=O)Cl. The van der Waals surface area contributed by atoms with Gasteiger partial charge in [0, 0.05) is 29.5 Å². The average Bonchev–Trinajstić information content (AvgIpc) is 2.93. The van der Waals surface area contributed by atoms with E-state index in [0.717, 1.165) is 12.8 Å². The number of hydrogen-bond donors (Lipinski definition) is 1. The molecule has 0 bridgehead atoms. The number of carbonyl (C=O) groups excluding carboxylic acids is 1. The third-order valence-electron chi connectivity index (χ3n) is 3.15. The summed E-state index contributed by atoms with van der Waals surface area (Å²) in [5.74, 6) is 0.173. The molecule has 0 atom stereocenters. The number of urea groups is 1. The molecule has 0 aromatic heterocycles. The van der Waals surface area contributed by atoms with Crippen molar-refractivity contribution in [2.75, 3.05) is 25.0 Å². The molecule has 0 aliphatic carbocycles. The average molecular weight is 333 g/mol. The van der Waals surface area contributed by atoms with E-state index in [1.807, 2.05) is 0 Å². The Balaban J connectivity index is 2.23. The van der Waals surface area contributed by atoms with Crippen molar-refractivity contribution in [3.63, 3.8) is 0 Å². The van der Waals surface area contributed by atoms with Gasteiger partial charge in [0.15, 0.2) is 0 Å². The summed E-state index contributed by atoms with van der Waals surface area (Å²) >= 11 is 0. The number of nitrogens with zero attached hydrogens (tertiary/aromatic N) is 1. The molecule has 1 aromatic carbocycles. The van der Waals surface area contributed by atoms with E-state index in [4.69, 9.17) is 15.4 Å². The second-order valence-electron chi connectivity index (χ2n) is 4.66. The minimum atomic E-state index is -3.95. The lowest BCUT2D eigenvalue weighted by Crippen LogP contribution is -2.32. The van der Waals surface area contributed by atoms with Crippen molar-refractivity contribution in [3.05, 3.63) is 18.2 Å². The fourth-order valence-corrected chi connectivity index (χ4v) is 3.17. The Hall–Kier alpha value is -1.47. The standard InChI is InChI=1S/C13H17ClN2O4S/c1-2-20-11-6-5-10(9-12(11)21(14,18)19)15-13(17)16-7-3-4-8-16/h5-6,9H,2-4,7-8H2,1H3,(H,15,17). The van der Waals surface area contributed by atoms with Gasteiger partial charge < -0.3 is 15.0 Å². The summed E-state index contributed by atoms with van der Waals surface area (Å²) in [6.07, 6.45) is 1.97. The molecule has 116 valence electrons. The van der Waals surface area contributed by atoms with Gasteiger partial charge in [-0.05, 0) is 38.0 Å². The van der Waals surface area contributed by atoms with Gasteiger partial charge in [-0.3, -0.25) is 0 Å². The van der Waals surface area contributed by atoms with Crippen LogP contribution in [0, 0.1) is 0 Å². The third kappa shape index (κ3) is 4.01. The number of hydrogen-bond acceptors (Lipinski definition) is 4. The third-order valence-corrected chi connectivity index (χ3v) is 4.49. The van der Waals surface area contributed by atoms with Crippen molar-refractivity contribution in [1.29, 1.82) is 0 Å². The van der Waals surface area contributed by atoms with E-state index >= 15 is 0 Å². The highest BCUT2D eigenvalue weighted by molar-refractivity contribution is 8.13. The van der Waals surface area contributed by atoms with Crippen LogP contribution in [0.2, 0.25) is 0 Å². The molecule has 1 aliphatic heterocycles. The smallest absolute Gasteiger partial charge is 0.321 e. The lowest BCUT2D eigenvalue weighted by molar-refractivity contribution is 0.222. The highest BCUT2D eigenvalue weighted by Gasteiger charge is 2.21. The molecule has 1 aliphatic rings. The molecule has 2 amide bonds. The van der Waals surface area contributed by atoms with Crippen molar-refractivity contribution < 1.29 is 17.9 Å². The van der Waals surface area contributed by atoms with Gasteiger partial charge in [-0.15, -0.1) is 0 Å². The predicted octanol–water partition coefficient (Wildman–Crippen LogP) is 2.64. The first-order valence-electron chi connectivity index (χ1n) is 6.69. The fraction of sp³-hybridized carbons (Fsp3) is 0.462. The molecule has 0 spiro atoms. The number of anilines is 1. The van der Waals surface area contributed by atoms with Gasteiger partial charge in [-0.25, -0.2) is 13.2 Å². The number of amides is 2. The molecule has 1 N–H and O–H groups in total. The zero-order valence-electron chi connectivity index (χ0n) is 11.6. The Morgan fingerprint density at radius 1 is 1.38 bits per heavy atom. The van der Waals surface area contributed by atoms with Gasteiger partial charge in [-0.2, -0.15) is 0 Å². The number of nitrogens with one attached hydrogen (secondary N) is 1. The lowest BCUT2D eigenvalue weighted by atomic mass is 10.3. The van der Waals surface area contributed by atoms with Gasteiger partial charge in [0.05, 0.1) is 6.61 Å². The quantitative estimate of drug-likeness (QED) is 0.860. The highest BCUT2D eigenvalue weighted by atomic mass is 35.7. The maximum atomic E-state index is 12.0. The second kappa shape index (κ2) is 6.53. The molecule has 6 nitrogen and oxygen atoms in total. The normalized spacial score (nSPS) is 15.0. The molecule has 21 heavy (non-hydrogen) atoms. The maximum absolute atomic E-state index is 12.0. The summed E-state index contributed by atoms with van der Waals surface area (Å²) in [5, 5.41) is 2.67. The van der Waals surface area contributed by atoms with Crippen LogP contribution in [0.3, 0.4) is 0 Å². The Morgan fingerprint density at radius 3 is 2.62 bits per heavy atom. The molecular formula is C13H17ClN2O4S. The van der Waals surface area contributed by atoms with Gasteiger partial charge in [0.25, 0.3) is 9.05 Å². The Kier molecular flexibility index (Phi) is 4.95. The van der Waals surface area contributed by atoms with Crippen LogP contribution in [0.25, 0.3) is 0 Å². The zero-order valence-corrected chi connectivity index (χ0v) is 13.2. The minimum Gasteiger partial charge on any atom is -0.492 e. The van der Waals surface area contributed by atoms with E-state index in [9.17, 15) is 13.2 Å². The summed E-state index contributed by atoms with van der Waals surface area (Å²) in [7, 11) is 1.45. The van der Waals surface area contributed by atoms with Crippen LogP contribution in [0.15, 0.2) is 23.1 Å². The summed E-state index contributed by atoms with van der Waals surface area (Å²) < 4.78 is 28.4. The second-order valence-corrected chi connectivity index (χ2v) is 7.19. The van der Waals surface area contributed by atoms with Crippen LogP contribution in [-0.4, -0.2) is 39.0 Å². The largest absolute Gasteiger partial charge is 0.492 e. The first kappa shape index (κ1) is 15.9. The highest BCUT2D eigenvalue weighted by Crippen LogP contribution is 2.30. The van der Waals surface area contributed by atoms with E-state index in [0.29, 0.717) is 25.4 Å². The molecule has 0 radical (unpaired) electrons. The Bertz CT molecular complexity index is 627. The molecule has 1 aromatic rings. The first-order chi connectivity index (χ1) is 9.91. The van der Waals surface area contributed by atoms with Crippen molar-refractivity contribution in [3.8, 4) is 5.75 Å². The van der Waals surface area contributed by atoms with Gasteiger partial charge in [-0.1, -0.05) is 0 Å². The number of benzene rings is 1. The van der Waals surface area contributed by atoms with Crippen LogP contribution < -0.4 is 10.1 Å². The number of rotatable bonds is 4. The number of ether oxygens (including phenoxy) is 1. The topological polar surface area (TPSA) is 75.7 Å². The summed E-state index contributed by atoms with van der Waals surface area (Å²) in [6.45, 7) is 3.49. The molecular weight excluding hydrogens is 316 g/mol. The van der Waals surface area contributed by atoms with Crippen LogP contribution in [0.5, 0.6) is 5.75 Å². The molecule has 1 heterocycles. The van der Waals surface area contributed by atoms with E-state index in [-0.39, 0.29) is 16.7 Å². The number of halogens is 1. The molecule has 0 saturated carbocycles. The molecule has 1 fully saturated rings. The maximum Gasteiger partial charge on any atom is 0.321 e. The Labute approximate surface area is 128 Å². The van der Waals surface area contributed by atoms with E-state index in [1.165, 1.54) is 12.1 Å². The zero-order chi connectivity index (χ0) is 15.5. The Morgan fingerprint density at radius 2 is 2.05 bits per heavy atom. The number of likely N-dealkylation sites (tertiary alicyclic amines) is 1. The van der Waals surface area contributed by atoms with Crippen molar-refractivity contribution >= 4 is 31.5 Å². The molecule has 8 heteroatoms. The van der Waals surface area contributed by atoms with E-state index in [1.54, 1.807) is 17.9 Å². The fourth-order valence-electron chi connectivity index (χ4n) is 2.17. The summed E-state index contributed by atoms with van der Waals surface area (Å²) in [6, 6.07) is 4.14. The molecule has 2 rings (SSSR count). The predicted molar refractivity (Wildman–Crippen MR) is 80.5 cm³/mol. The van der Waals surface area contributed by atoms with Crippen LogP contribution >= 0.6 is 10.7 Å². The number of carbonyl (C=O) groups is 1. The van der Waals surface area contributed by atoms with Gasteiger partial charge in [0.2, 0.25) is 0 Å². The van der Waals surface area contributed by atoms with E-state index < -0.39 is 9.05 Å². The van der Waals surface area contributed by atoms with Crippen LogP contribution in [0.1, 0.15) is 19.8 Å². The van der Waals surface area contributed by atoms with Crippen molar-refractivity contribution in [2.24, 2.45) is 0 Å². The summed E-state index contributed by atoms with van der Waals surface area (Å²) in [4.78, 5) is 13.5. The first-order valence-corrected chi connectivity index (χ1v) is 9.00.